The van der Waals surface area contributed by atoms with Gasteiger partial charge in [0.15, 0.2) is 16.6 Å². The van der Waals surface area contributed by atoms with Crippen molar-refractivity contribution >= 4 is 60.5 Å². The highest BCUT2D eigenvalue weighted by molar-refractivity contribution is 6.87. The largest absolute Gasteiger partial charge is 0.462 e. The van der Waals surface area contributed by atoms with Gasteiger partial charge in [-0.05, 0) is 143 Å². The SMILES string of the molecule is C.C.CCOC(=O)C(=O)c1ccc(CC(=O)OC2CC3CC2CC3CC[Si](C)(C)O[Si](C)(C)O[Si](C)(C)CCC2CC3CC2CC3OC(=O)Cc2ccc(C(=O)C(=O)COC)cc2)cc1. The smallest absolute Gasteiger partial charge is 0.379 e. The monoisotopic (exact) mass is 952 g/mol. The van der Waals surface area contributed by atoms with Gasteiger partial charge in [0.05, 0.1) is 19.4 Å². The molecule has 0 aromatic heterocycles. The second-order valence-corrected chi connectivity index (χ2v) is 32.7. The van der Waals surface area contributed by atoms with Crippen LogP contribution >= 0.6 is 0 Å². The Balaban J connectivity index is 0.00000462. The molecule has 6 rings (SSSR count). The third-order valence-electron chi connectivity index (χ3n) is 13.8. The fraction of sp³-hybridized carbons (Fsp3) is 0.640. The van der Waals surface area contributed by atoms with Gasteiger partial charge < -0.3 is 27.2 Å². The standard InChI is InChI=1S/C48H68O12Si3.2CH4/c1-9-56-48(54)47(53)34-16-12-32(13-17-34)23-45(51)58-43-29-38-27-40(43)25-36(38)19-21-62(5,6)60-63(7,8)59-61(3,4)20-18-35-24-39-26-37(35)28-42(39)57-44(50)22-31-10-14-33(15-11-31)46(52)41(49)30-55-2;;/h10-17,35-40,42-43H,9,18-30H2,1-8H3;2*1H4. The van der Waals surface area contributed by atoms with E-state index in [9.17, 15) is 28.8 Å². The molecular weight excluding hydrogens is 877 g/mol. The molecule has 0 aliphatic heterocycles. The van der Waals surface area contributed by atoms with E-state index in [4.69, 9.17) is 27.2 Å². The van der Waals surface area contributed by atoms with Crippen LogP contribution in [0, 0.1) is 35.5 Å². The van der Waals surface area contributed by atoms with Gasteiger partial charge in [-0.15, -0.1) is 0 Å². The molecule has 65 heavy (non-hydrogen) atoms. The van der Waals surface area contributed by atoms with Crippen molar-refractivity contribution in [3.05, 3.63) is 70.8 Å². The van der Waals surface area contributed by atoms with E-state index in [1.54, 1.807) is 55.5 Å². The van der Waals surface area contributed by atoms with E-state index in [2.05, 4.69) is 39.3 Å². The maximum atomic E-state index is 12.9. The van der Waals surface area contributed by atoms with Gasteiger partial charge in [-0.3, -0.25) is 24.0 Å². The molecule has 0 saturated heterocycles. The lowest BCUT2D eigenvalue weighted by molar-refractivity contribution is -0.152. The van der Waals surface area contributed by atoms with Gasteiger partial charge >= 0.3 is 26.5 Å². The van der Waals surface area contributed by atoms with E-state index in [1.165, 1.54) is 7.11 Å². The van der Waals surface area contributed by atoms with Crippen LogP contribution < -0.4 is 0 Å². The van der Waals surface area contributed by atoms with Crippen LogP contribution in [0.1, 0.15) is 105 Å². The Morgan fingerprint density at radius 2 is 0.985 bits per heavy atom. The Morgan fingerprint density at radius 1 is 0.569 bits per heavy atom. The van der Waals surface area contributed by atoms with Gasteiger partial charge in [-0.1, -0.05) is 76.2 Å². The normalized spacial score (nSPS) is 24.4. The fourth-order valence-corrected chi connectivity index (χ4v) is 25.3. The Kier molecular flexibility index (Phi) is 19.0. The van der Waals surface area contributed by atoms with Crippen LogP contribution in [0.5, 0.6) is 0 Å². The molecule has 0 spiro atoms. The quantitative estimate of drug-likeness (QED) is 0.0342. The van der Waals surface area contributed by atoms with E-state index in [1.807, 2.05) is 0 Å². The van der Waals surface area contributed by atoms with E-state index in [-0.39, 0.29) is 76.2 Å². The average Bonchev–Trinajstić information content (AvgIpc) is 4.00. The minimum atomic E-state index is -2.38. The highest BCUT2D eigenvalue weighted by Gasteiger charge is 2.50. The number of benzene rings is 2. The number of fused-ring (bicyclic) bond motifs is 4. The number of ketones is 3. The summed E-state index contributed by atoms with van der Waals surface area (Å²) in [4.78, 5) is 73.8. The van der Waals surface area contributed by atoms with Crippen molar-refractivity contribution in [3.63, 3.8) is 0 Å². The summed E-state index contributed by atoms with van der Waals surface area (Å²) < 4.78 is 35.6. The summed E-state index contributed by atoms with van der Waals surface area (Å²) >= 11 is 0. The topological polar surface area (TPSA) is 158 Å². The predicted octanol–water partition coefficient (Wildman–Crippen LogP) is 9.73. The van der Waals surface area contributed by atoms with Gasteiger partial charge in [-0.2, -0.15) is 0 Å². The van der Waals surface area contributed by atoms with Crippen molar-refractivity contribution in [1.82, 2.24) is 0 Å². The lowest BCUT2D eigenvalue weighted by Crippen LogP contribution is -2.52. The molecule has 4 fully saturated rings. The molecule has 12 nitrogen and oxygen atoms in total. The van der Waals surface area contributed by atoms with E-state index < -0.39 is 48.5 Å². The first kappa shape index (κ1) is 54.0. The number of carbonyl (C=O) groups is 6. The zero-order valence-electron chi connectivity index (χ0n) is 38.5. The van der Waals surface area contributed by atoms with Crippen LogP contribution in [-0.2, 0) is 59.2 Å². The van der Waals surface area contributed by atoms with Gasteiger partial charge in [0.2, 0.25) is 11.6 Å². The Labute approximate surface area is 391 Å². The van der Waals surface area contributed by atoms with Crippen LogP contribution in [-0.4, -0.2) is 93.0 Å². The minimum absolute atomic E-state index is 0. The Bertz CT molecular complexity index is 1840. The maximum absolute atomic E-state index is 12.9. The molecule has 8 unspecified atom stereocenters. The number of Topliss-reactive ketones (excluding diaryl/α,β-unsaturated/α-hetero) is 3. The maximum Gasteiger partial charge on any atom is 0.379 e. The molecule has 0 amide bonds. The van der Waals surface area contributed by atoms with Crippen LogP contribution in [0.2, 0.25) is 51.4 Å². The van der Waals surface area contributed by atoms with Gasteiger partial charge in [0.25, 0.3) is 5.78 Å². The predicted molar refractivity (Wildman–Crippen MR) is 258 cm³/mol. The average molecular weight is 953 g/mol. The molecule has 2 aromatic carbocycles. The minimum Gasteiger partial charge on any atom is -0.462 e. The summed E-state index contributed by atoms with van der Waals surface area (Å²) in [5.41, 5.74) is 2.00. The highest BCUT2D eigenvalue weighted by Crippen LogP contribution is 2.53. The van der Waals surface area contributed by atoms with Gasteiger partial charge in [-0.25, -0.2) is 4.79 Å². The number of rotatable bonds is 23. The van der Waals surface area contributed by atoms with Crippen molar-refractivity contribution in [2.45, 2.75) is 150 Å². The highest BCUT2D eigenvalue weighted by atomic mass is 28.5. The third-order valence-corrected chi connectivity index (χ3v) is 25.2. The number of methoxy groups -OCH3 is 1. The van der Waals surface area contributed by atoms with Crippen LogP contribution in [0.15, 0.2) is 48.5 Å². The molecule has 4 saturated carbocycles. The molecule has 0 N–H and O–H groups in total. The summed E-state index contributed by atoms with van der Waals surface area (Å²) in [5, 5.41) is 0. The summed E-state index contributed by atoms with van der Waals surface area (Å²) in [6, 6.07) is 15.2. The molecule has 4 bridgehead atoms. The molecule has 360 valence electrons. The van der Waals surface area contributed by atoms with Gasteiger partial charge in [0.1, 0.15) is 18.8 Å². The number of carbonyl (C=O) groups excluding carboxylic acids is 6. The number of hydrogen-bond acceptors (Lipinski definition) is 12. The van der Waals surface area contributed by atoms with Crippen molar-refractivity contribution in [3.8, 4) is 0 Å². The summed E-state index contributed by atoms with van der Waals surface area (Å²) in [5.74, 6) is -0.116. The van der Waals surface area contributed by atoms with Gasteiger partial charge in [0, 0.05) is 18.2 Å². The van der Waals surface area contributed by atoms with Crippen molar-refractivity contribution in [2.75, 3.05) is 20.3 Å². The lowest BCUT2D eigenvalue weighted by Gasteiger charge is -2.40. The third kappa shape index (κ3) is 14.7. The van der Waals surface area contributed by atoms with Crippen LogP contribution in [0.4, 0.5) is 0 Å². The van der Waals surface area contributed by atoms with Crippen LogP contribution in [0.25, 0.3) is 0 Å². The first-order chi connectivity index (χ1) is 29.7. The van der Waals surface area contributed by atoms with Crippen molar-refractivity contribution in [1.29, 1.82) is 0 Å². The van der Waals surface area contributed by atoms with Crippen LogP contribution in [0.3, 0.4) is 0 Å². The Hall–Kier alpha value is -3.61. The molecule has 2 aromatic rings. The van der Waals surface area contributed by atoms with E-state index in [0.29, 0.717) is 35.5 Å². The first-order valence-electron chi connectivity index (χ1n) is 23.0. The zero-order chi connectivity index (χ0) is 45.7. The molecule has 0 heterocycles. The Morgan fingerprint density at radius 3 is 1.35 bits per heavy atom. The molecular formula is C50H76O12Si3. The number of ether oxygens (including phenoxy) is 4. The summed E-state index contributed by atoms with van der Waals surface area (Å²) in [7, 11) is -5.03. The molecule has 15 heteroatoms. The lowest BCUT2D eigenvalue weighted by atomic mass is 9.85. The van der Waals surface area contributed by atoms with E-state index in [0.717, 1.165) is 74.6 Å². The molecule has 4 aliphatic carbocycles. The first-order valence-corrected chi connectivity index (χ1v) is 32.0. The number of esters is 3. The zero-order valence-corrected chi connectivity index (χ0v) is 41.5. The van der Waals surface area contributed by atoms with Crippen molar-refractivity contribution in [2.24, 2.45) is 35.5 Å². The molecule has 8 atom stereocenters. The second-order valence-electron chi connectivity index (χ2n) is 20.2. The molecule has 4 aliphatic rings. The summed E-state index contributed by atoms with van der Waals surface area (Å²) in [6.45, 7) is 15.3. The number of hydrogen-bond donors (Lipinski definition) is 0. The fourth-order valence-electron chi connectivity index (χ4n) is 11.2. The second kappa shape index (κ2) is 22.9. The van der Waals surface area contributed by atoms with Crippen molar-refractivity contribution < 1.29 is 55.9 Å². The summed E-state index contributed by atoms with van der Waals surface area (Å²) in [6.07, 6.45) is 8.66. The molecule has 0 radical (unpaired) electrons. The van der Waals surface area contributed by atoms with E-state index >= 15 is 0 Å².